The standard InChI is InChI=1S/C42H46F2N6O5/c1-3-55-41(54)28-12-15-47(16-13-28)38-18-27(2)8-9-31(38)23-48-17-14-45-42(48)46-40(53)36-25-49(24-35(36)34-11-10-32(43)20-37(34)44)39(52)21-33-19-29-6-4-5-7-30(29)22-50(33)26-51/h4-11,14,17-18,20,26,28,33,35-36H,3,12-13,15-16,19,21-25H2,1-2H3,(H,45,46,53)/t33?,35-,36?/m0/s1. The van der Waals surface area contributed by atoms with E-state index in [1.165, 1.54) is 6.07 Å². The van der Waals surface area contributed by atoms with E-state index in [1.807, 2.05) is 48.7 Å². The van der Waals surface area contributed by atoms with Gasteiger partial charge < -0.3 is 24.0 Å². The Hall–Kier alpha value is -5.59. The molecule has 288 valence electrons. The Morgan fingerprint density at radius 1 is 1.00 bits per heavy atom. The third-order valence-electron chi connectivity index (χ3n) is 11.3. The van der Waals surface area contributed by atoms with Crippen molar-refractivity contribution in [1.82, 2.24) is 19.4 Å². The normalized spacial score (nSPS) is 19.9. The van der Waals surface area contributed by atoms with Crippen LogP contribution in [-0.4, -0.2) is 82.4 Å². The quantitative estimate of drug-likeness (QED) is 0.160. The van der Waals surface area contributed by atoms with Crippen LogP contribution in [0.1, 0.15) is 59.9 Å². The van der Waals surface area contributed by atoms with E-state index in [0.717, 1.165) is 46.5 Å². The van der Waals surface area contributed by atoms with Crippen LogP contribution in [0.3, 0.4) is 0 Å². The number of fused-ring (bicyclic) bond motifs is 1. The van der Waals surface area contributed by atoms with Crippen molar-refractivity contribution in [2.24, 2.45) is 11.8 Å². The summed E-state index contributed by atoms with van der Waals surface area (Å²) in [5.41, 5.74) is 5.41. The molecule has 3 aromatic carbocycles. The van der Waals surface area contributed by atoms with E-state index < -0.39 is 29.4 Å². The van der Waals surface area contributed by atoms with E-state index in [1.54, 1.807) is 22.2 Å². The number of rotatable bonds is 11. The number of amides is 3. The predicted octanol–water partition coefficient (Wildman–Crippen LogP) is 5.45. The number of hydrogen-bond donors (Lipinski definition) is 1. The second kappa shape index (κ2) is 16.4. The number of piperidine rings is 1. The average molecular weight is 753 g/mol. The van der Waals surface area contributed by atoms with Crippen LogP contribution in [0.25, 0.3) is 0 Å². The molecule has 2 fully saturated rings. The topological polar surface area (TPSA) is 117 Å². The highest BCUT2D eigenvalue weighted by Gasteiger charge is 2.43. The van der Waals surface area contributed by atoms with Crippen LogP contribution in [0.2, 0.25) is 0 Å². The Kier molecular flexibility index (Phi) is 11.3. The van der Waals surface area contributed by atoms with Crippen LogP contribution < -0.4 is 10.2 Å². The maximum absolute atomic E-state index is 15.3. The molecular formula is C42H46F2N6O5. The van der Waals surface area contributed by atoms with Crippen LogP contribution >= 0.6 is 0 Å². The molecule has 1 aromatic heterocycles. The van der Waals surface area contributed by atoms with Crippen molar-refractivity contribution >= 4 is 35.8 Å². The molecule has 7 rings (SSSR count). The van der Waals surface area contributed by atoms with E-state index in [2.05, 4.69) is 27.3 Å². The number of carbonyl (C=O) groups excluding carboxylic acids is 4. The zero-order valence-corrected chi connectivity index (χ0v) is 31.1. The Labute approximate surface area is 319 Å². The number of anilines is 2. The number of aromatic nitrogens is 2. The minimum absolute atomic E-state index is 0.0150. The largest absolute Gasteiger partial charge is 0.466 e. The molecule has 4 aromatic rings. The first-order valence-electron chi connectivity index (χ1n) is 19.0. The van der Waals surface area contributed by atoms with Gasteiger partial charge in [0.2, 0.25) is 24.2 Å². The molecule has 0 radical (unpaired) electrons. The second-order valence-corrected chi connectivity index (χ2v) is 14.8. The van der Waals surface area contributed by atoms with Crippen LogP contribution in [0, 0.1) is 30.4 Å². The number of esters is 1. The van der Waals surface area contributed by atoms with Gasteiger partial charge in [0.05, 0.1) is 25.0 Å². The molecule has 0 spiro atoms. The molecule has 11 nitrogen and oxygen atoms in total. The summed E-state index contributed by atoms with van der Waals surface area (Å²) in [6, 6.07) is 17.0. The highest BCUT2D eigenvalue weighted by molar-refractivity contribution is 5.93. The van der Waals surface area contributed by atoms with E-state index in [-0.39, 0.29) is 48.9 Å². The van der Waals surface area contributed by atoms with Crippen molar-refractivity contribution in [1.29, 1.82) is 0 Å². The van der Waals surface area contributed by atoms with Gasteiger partial charge in [-0.3, -0.25) is 24.5 Å². The van der Waals surface area contributed by atoms with Crippen molar-refractivity contribution in [3.63, 3.8) is 0 Å². The zero-order chi connectivity index (χ0) is 38.6. The molecular weight excluding hydrogens is 706 g/mol. The Morgan fingerprint density at radius 2 is 1.78 bits per heavy atom. The van der Waals surface area contributed by atoms with Gasteiger partial charge in [-0.1, -0.05) is 42.5 Å². The first-order valence-corrected chi connectivity index (χ1v) is 19.0. The monoisotopic (exact) mass is 752 g/mol. The molecule has 3 atom stereocenters. The van der Waals surface area contributed by atoms with E-state index in [4.69, 9.17) is 4.74 Å². The Morgan fingerprint density at radius 3 is 2.53 bits per heavy atom. The summed E-state index contributed by atoms with van der Waals surface area (Å²) in [6.07, 6.45) is 6.08. The lowest BCUT2D eigenvalue weighted by molar-refractivity contribution is -0.148. The number of benzene rings is 3. The first kappa shape index (κ1) is 37.7. The maximum Gasteiger partial charge on any atom is 0.309 e. The van der Waals surface area contributed by atoms with E-state index in [9.17, 15) is 23.6 Å². The lowest BCUT2D eigenvalue weighted by Crippen LogP contribution is -2.43. The lowest BCUT2D eigenvalue weighted by Gasteiger charge is -2.34. The minimum atomic E-state index is -0.862. The number of nitrogens with zero attached hydrogens (tertiary/aromatic N) is 5. The molecule has 55 heavy (non-hydrogen) atoms. The van der Waals surface area contributed by atoms with Gasteiger partial charge in [0.15, 0.2) is 0 Å². The molecule has 1 N–H and O–H groups in total. The lowest BCUT2D eigenvalue weighted by atomic mass is 9.88. The third kappa shape index (κ3) is 8.25. The SMILES string of the molecule is CCOC(=O)C1CCN(c2cc(C)ccc2Cn2ccnc2NC(=O)C2CN(C(=O)CC3Cc4ccccc4CN3C=O)C[C@H]2c2ccc(F)cc2F)CC1. The molecule has 2 unspecified atom stereocenters. The fourth-order valence-corrected chi connectivity index (χ4v) is 8.31. The van der Waals surface area contributed by atoms with Gasteiger partial charge >= 0.3 is 5.97 Å². The molecule has 3 amide bonds. The molecule has 0 bridgehead atoms. The number of nitrogens with one attached hydrogen (secondary N) is 1. The highest BCUT2D eigenvalue weighted by Crippen LogP contribution is 2.37. The summed E-state index contributed by atoms with van der Waals surface area (Å²) in [5, 5.41) is 2.95. The fraction of sp³-hybridized carbons (Fsp3) is 0.405. The minimum Gasteiger partial charge on any atom is -0.466 e. The number of halogens is 2. The van der Waals surface area contributed by atoms with Gasteiger partial charge in [-0.05, 0) is 73.1 Å². The van der Waals surface area contributed by atoms with Gasteiger partial charge in [0.1, 0.15) is 11.6 Å². The molecule has 4 heterocycles. The summed E-state index contributed by atoms with van der Waals surface area (Å²) >= 11 is 0. The van der Waals surface area contributed by atoms with Gasteiger partial charge in [0, 0.05) is 75.3 Å². The predicted molar refractivity (Wildman–Crippen MR) is 202 cm³/mol. The molecule has 3 aliphatic rings. The molecule has 13 heteroatoms. The summed E-state index contributed by atoms with van der Waals surface area (Å²) in [6.45, 7) is 6.48. The number of hydrogen-bond acceptors (Lipinski definition) is 7. The van der Waals surface area contributed by atoms with Gasteiger partial charge in [-0.2, -0.15) is 0 Å². The van der Waals surface area contributed by atoms with Gasteiger partial charge in [0.25, 0.3) is 0 Å². The summed E-state index contributed by atoms with van der Waals surface area (Å²) in [5.74, 6) is -3.80. The number of imidazole rings is 1. The van der Waals surface area contributed by atoms with Crippen molar-refractivity contribution < 1.29 is 32.7 Å². The van der Waals surface area contributed by atoms with Crippen LogP contribution in [0.4, 0.5) is 20.4 Å². The second-order valence-electron chi connectivity index (χ2n) is 14.8. The molecule has 0 saturated carbocycles. The average Bonchev–Trinajstić information content (AvgIpc) is 3.82. The number of ether oxygens (including phenoxy) is 1. The summed E-state index contributed by atoms with van der Waals surface area (Å²) in [7, 11) is 0. The van der Waals surface area contributed by atoms with E-state index in [0.29, 0.717) is 58.0 Å². The van der Waals surface area contributed by atoms with Crippen LogP contribution in [0.5, 0.6) is 0 Å². The van der Waals surface area contributed by atoms with Crippen molar-refractivity contribution in [3.8, 4) is 0 Å². The maximum atomic E-state index is 15.3. The third-order valence-corrected chi connectivity index (χ3v) is 11.3. The molecule has 3 aliphatic heterocycles. The van der Waals surface area contributed by atoms with Gasteiger partial charge in [-0.25, -0.2) is 13.8 Å². The smallest absolute Gasteiger partial charge is 0.309 e. The van der Waals surface area contributed by atoms with Gasteiger partial charge in [-0.15, -0.1) is 0 Å². The van der Waals surface area contributed by atoms with Crippen molar-refractivity contribution in [3.05, 3.63) is 113 Å². The van der Waals surface area contributed by atoms with Crippen LogP contribution in [0.15, 0.2) is 73.1 Å². The zero-order valence-electron chi connectivity index (χ0n) is 31.1. The van der Waals surface area contributed by atoms with E-state index >= 15 is 4.39 Å². The molecule has 0 aliphatic carbocycles. The van der Waals surface area contributed by atoms with Crippen LogP contribution in [-0.2, 0) is 43.4 Å². The summed E-state index contributed by atoms with van der Waals surface area (Å²) < 4.78 is 36.4. The first-order chi connectivity index (χ1) is 26.6. The molecule has 2 saturated heterocycles. The Bertz CT molecular complexity index is 2060. The number of likely N-dealkylation sites (tertiary alicyclic amines) is 1. The number of aryl methyl sites for hydroxylation is 1. The van der Waals surface area contributed by atoms with Crippen molar-refractivity contribution in [2.45, 2.75) is 64.6 Å². The fourth-order valence-electron chi connectivity index (χ4n) is 8.31. The summed E-state index contributed by atoms with van der Waals surface area (Å²) in [4.78, 5) is 62.3. The highest BCUT2D eigenvalue weighted by atomic mass is 19.1. The van der Waals surface area contributed by atoms with Crippen molar-refractivity contribution in [2.75, 3.05) is 43.0 Å². The Balaban J connectivity index is 1.08. The number of carbonyl (C=O) groups is 4.